The Morgan fingerprint density at radius 3 is 2.77 bits per heavy atom. The molecule has 1 aliphatic rings. The van der Waals surface area contributed by atoms with Crippen molar-refractivity contribution in [1.82, 2.24) is 15.8 Å². The summed E-state index contributed by atoms with van der Waals surface area (Å²) < 4.78 is 5.30. The van der Waals surface area contributed by atoms with Crippen molar-refractivity contribution in [3.63, 3.8) is 0 Å². The van der Waals surface area contributed by atoms with Gasteiger partial charge in [-0.2, -0.15) is 0 Å². The van der Waals surface area contributed by atoms with E-state index in [1.54, 1.807) is 11.2 Å². The summed E-state index contributed by atoms with van der Waals surface area (Å²) >= 11 is 0. The van der Waals surface area contributed by atoms with Crippen LogP contribution in [0.4, 0.5) is 0 Å². The van der Waals surface area contributed by atoms with Crippen molar-refractivity contribution < 1.29 is 9.21 Å². The second kappa shape index (κ2) is 6.34. The smallest absolute Gasteiger partial charge is 0.289 e. The summed E-state index contributed by atoms with van der Waals surface area (Å²) in [6.07, 6.45) is 1.56. The van der Waals surface area contributed by atoms with Crippen LogP contribution >= 0.6 is 0 Å². The summed E-state index contributed by atoms with van der Waals surface area (Å²) in [6.45, 7) is 3.38. The Bertz CT molecular complexity index is 638. The first-order valence-corrected chi connectivity index (χ1v) is 7.49. The molecule has 1 aliphatic heterocycles. The molecule has 2 unspecified atom stereocenters. The van der Waals surface area contributed by atoms with Gasteiger partial charge < -0.3 is 9.32 Å². The molecule has 2 atom stereocenters. The summed E-state index contributed by atoms with van der Waals surface area (Å²) in [6, 6.07) is 12.3. The van der Waals surface area contributed by atoms with Crippen LogP contribution in [-0.4, -0.2) is 30.9 Å². The highest BCUT2D eigenvalue weighted by atomic mass is 16.3. The van der Waals surface area contributed by atoms with Gasteiger partial charge in [-0.3, -0.25) is 10.2 Å². The highest BCUT2D eigenvalue weighted by Gasteiger charge is 2.30. The zero-order chi connectivity index (χ0) is 15.5. The van der Waals surface area contributed by atoms with Gasteiger partial charge in [-0.25, -0.2) is 5.43 Å². The number of carbonyl (C=O) groups excluding carboxylic acids is 1. The molecule has 0 spiro atoms. The van der Waals surface area contributed by atoms with Crippen molar-refractivity contribution in [3.05, 3.63) is 59.5 Å². The molecule has 1 saturated heterocycles. The van der Waals surface area contributed by atoms with E-state index in [4.69, 9.17) is 4.42 Å². The average molecular weight is 299 g/mol. The lowest BCUT2D eigenvalue weighted by molar-refractivity contribution is 0.0738. The predicted molar refractivity (Wildman–Crippen MR) is 84.2 cm³/mol. The average Bonchev–Trinajstić information content (AvgIpc) is 3.16. The Hall–Kier alpha value is -2.11. The minimum Gasteiger partial charge on any atom is -0.459 e. The number of hydrogen-bond donors (Lipinski definition) is 2. The Labute approximate surface area is 130 Å². The Morgan fingerprint density at radius 2 is 2.09 bits per heavy atom. The Kier molecular flexibility index (Phi) is 4.27. The molecule has 0 aliphatic carbocycles. The molecule has 2 heterocycles. The van der Waals surface area contributed by atoms with Crippen LogP contribution in [0.5, 0.6) is 0 Å². The summed E-state index contributed by atoms with van der Waals surface area (Å²) in [5.74, 6) is 0.672. The van der Waals surface area contributed by atoms with Gasteiger partial charge in [0.25, 0.3) is 5.91 Å². The highest BCUT2D eigenvalue weighted by Crippen LogP contribution is 2.25. The topological polar surface area (TPSA) is 57.5 Å². The van der Waals surface area contributed by atoms with Gasteiger partial charge in [0.2, 0.25) is 0 Å². The largest absolute Gasteiger partial charge is 0.459 e. The van der Waals surface area contributed by atoms with Crippen molar-refractivity contribution >= 4 is 5.91 Å². The minimum atomic E-state index is -0.0683. The van der Waals surface area contributed by atoms with Crippen LogP contribution in [0.25, 0.3) is 0 Å². The van der Waals surface area contributed by atoms with Gasteiger partial charge in [0.1, 0.15) is 0 Å². The molecule has 0 bridgehead atoms. The molecule has 1 aromatic heterocycles. The van der Waals surface area contributed by atoms with Crippen molar-refractivity contribution in [2.45, 2.75) is 13.0 Å². The lowest BCUT2D eigenvalue weighted by Gasteiger charge is -2.24. The van der Waals surface area contributed by atoms with Crippen molar-refractivity contribution in [2.24, 2.45) is 5.92 Å². The summed E-state index contributed by atoms with van der Waals surface area (Å²) in [5, 5.41) is 0. The van der Waals surface area contributed by atoms with Gasteiger partial charge in [0.05, 0.1) is 12.3 Å². The Morgan fingerprint density at radius 1 is 1.32 bits per heavy atom. The van der Waals surface area contributed by atoms with Gasteiger partial charge in [-0.15, -0.1) is 0 Å². The maximum atomic E-state index is 12.4. The van der Waals surface area contributed by atoms with Crippen molar-refractivity contribution in [1.29, 1.82) is 0 Å². The lowest BCUT2D eigenvalue weighted by Crippen LogP contribution is -2.34. The number of hydrazine groups is 1. The molecule has 1 amide bonds. The predicted octanol–water partition coefficient (Wildman–Crippen LogP) is 2.13. The number of nitrogens with one attached hydrogen (secondary N) is 2. The molecule has 2 N–H and O–H groups in total. The fourth-order valence-corrected chi connectivity index (χ4v) is 2.92. The molecule has 5 heteroatoms. The highest BCUT2D eigenvalue weighted by molar-refractivity contribution is 5.92. The number of rotatable bonds is 4. The van der Waals surface area contributed by atoms with Crippen LogP contribution in [0.15, 0.2) is 47.1 Å². The Balaban J connectivity index is 1.69. The van der Waals surface area contributed by atoms with Crippen LogP contribution in [0.3, 0.4) is 0 Å². The molecule has 1 aromatic carbocycles. The second-order valence-corrected chi connectivity index (χ2v) is 5.79. The van der Waals surface area contributed by atoms with E-state index in [-0.39, 0.29) is 11.9 Å². The first kappa shape index (κ1) is 14.8. The molecule has 3 rings (SSSR count). The van der Waals surface area contributed by atoms with Gasteiger partial charge in [0, 0.05) is 31.6 Å². The quantitative estimate of drug-likeness (QED) is 0.908. The summed E-state index contributed by atoms with van der Waals surface area (Å²) in [5.41, 5.74) is 8.61. The molecule has 0 saturated carbocycles. The standard InChI is InChI=1S/C17H21N3O2/c1-12-8-9-22-16(12)17(21)20(2)11-14-10-18-19-15(14)13-6-4-3-5-7-13/h3-9,14-15,18-19H,10-11H2,1-2H3. The first-order chi connectivity index (χ1) is 10.7. The number of furan rings is 1. The maximum absolute atomic E-state index is 12.4. The van der Waals surface area contributed by atoms with E-state index >= 15 is 0 Å². The molecule has 116 valence electrons. The summed E-state index contributed by atoms with van der Waals surface area (Å²) in [7, 11) is 1.82. The molecular weight excluding hydrogens is 278 g/mol. The lowest BCUT2D eigenvalue weighted by atomic mass is 9.94. The van der Waals surface area contributed by atoms with E-state index in [9.17, 15) is 4.79 Å². The number of amides is 1. The fourth-order valence-electron chi connectivity index (χ4n) is 2.92. The third kappa shape index (κ3) is 2.91. The first-order valence-electron chi connectivity index (χ1n) is 7.49. The fraction of sp³-hybridized carbons (Fsp3) is 0.353. The van der Waals surface area contributed by atoms with Gasteiger partial charge in [0.15, 0.2) is 5.76 Å². The summed E-state index contributed by atoms with van der Waals surface area (Å²) in [4.78, 5) is 14.2. The van der Waals surface area contributed by atoms with E-state index < -0.39 is 0 Å². The molecule has 0 radical (unpaired) electrons. The van der Waals surface area contributed by atoms with Crippen LogP contribution in [0.2, 0.25) is 0 Å². The monoisotopic (exact) mass is 299 g/mol. The van der Waals surface area contributed by atoms with Gasteiger partial charge in [-0.1, -0.05) is 30.3 Å². The van der Waals surface area contributed by atoms with Gasteiger partial charge >= 0.3 is 0 Å². The molecule has 22 heavy (non-hydrogen) atoms. The third-order valence-electron chi connectivity index (χ3n) is 4.16. The van der Waals surface area contributed by atoms with E-state index in [2.05, 4.69) is 23.0 Å². The number of benzene rings is 1. The van der Waals surface area contributed by atoms with Crippen LogP contribution in [0, 0.1) is 12.8 Å². The van der Waals surface area contributed by atoms with E-state index in [0.717, 1.165) is 12.1 Å². The molecular formula is C17H21N3O2. The third-order valence-corrected chi connectivity index (χ3v) is 4.16. The SMILES string of the molecule is Cc1ccoc1C(=O)N(C)CC1CNNC1c1ccccc1. The van der Waals surface area contributed by atoms with Crippen molar-refractivity contribution in [2.75, 3.05) is 20.1 Å². The van der Waals surface area contributed by atoms with Gasteiger partial charge in [-0.05, 0) is 18.6 Å². The van der Waals surface area contributed by atoms with Crippen LogP contribution in [-0.2, 0) is 0 Å². The molecule has 2 aromatic rings. The zero-order valence-corrected chi connectivity index (χ0v) is 12.9. The van der Waals surface area contributed by atoms with E-state index in [1.165, 1.54) is 5.56 Å². The second-order valence-electron chi connectivity index (χ2n) is 5.79. The van der Waals surface area contributed by atoms with Crippen LogP contribution < -0.4 is 10.9 Å². The normalized spacial score (nSPS) is 21.0. The number of hydrogen-bond acceptors (Lipinski definition) is 4. The van der Waals surface area contributed by atoms with Crippen LogP contribution in [0.1, 0.15) is 27.7 Å². The van der Waals surface area contributed by atoms with E-state index in [1.807, 2.05) is 38.2 Å². The molecule has 5 nitrogen and oxygen atoms in total. The number of aryl methyl sites for hydroxylation is 1. The number of nitrogens with zero attached hydrogens (tertiary/aromatic N) is 1. The molecule has 1 fully saturated rings. The zero-order valence-electron chi connectivity index (χ0n) is 12.9. The minimum absolute atomic E-state index is 0.0683. The van der Waals surface area contributed by atoms with E-state index in [0.29, 0.717) is 18.2 Å². The number of carbonyl (C=O) groups is 1. The van der Waals surface area contributed by atoms with Crippen molar-refractivity contribution in [3.8, 4) is 0 Å². The maximum Gasteiger partial charge on any atom is 0.289 e.